The van der Waals surface area contributed by atoms with Crippen LogP contribution in [0.1, 0.15) is 22.3 Å². The maximum atomic E-state index is 6.66. The van der Waals surface area contributed by atoms with Crippen molar-refractivity contribution < 1.29 is 4.42 Å². The van der Waals surface area contributed by atoms with Crippen LogP contribution < -0.4 is 0 Å². The highest BCUT2D eigenvalue weighted by molar-refractivity contribution is 6.10. The molecule has 0 bridgehead atoms. The quantitative estimate of drug-likeness (QED) is 0.173. The number of nitrogens with zero attached hydrogens (tertiary/aromatic N) is 2. The Balaban J connectivity index is 1.01. The zero-order valence-electron chi connectivity index (χ0n) is 35.7. The molecule has 3 nitrogen and oxygen atoms in total. The van der Waals surface area contributed by atoms with Crippen LogP contribution in [-0.2, 0) is 5.41 Å². The molecule has 10 aromatic carbocycles. The third kappa shape index (κ3) is 5.38. The Morgan fingerprint density at radius 1 is 0.303 bits per heavy atom. The predicted octanol–water partition coefficient (Wildman–Crippen LogP) is 16.2. The molecular formula is C63H38N2O. The van der Waals surface area contributed by atoms with Crippen molar-refractivity contribution in [3.05, 3.63) is 253 Å². The van der Waals surface area contributed by atoms with E-state index in [4.69, 9.17) is 14.4 Å². The lowest BCUT2D eigenvalue weighted by molar-refractivity contribution is 0.670. The molecule has 0 radical (unpaired) electrons. The van der Waals surface area contributed by atoms with Crippen LogP contribution in [-0.4, -0.2) is 9.97 Å². The Labute approximate surface area is 382 Å². The van der Waals surface area contributed by atoms with Crippen LogP contribution in [0.15, 0.2) is 235 Å². The Morgan fingerprint density at radius 3 is 1.62 bits per heavy atom. The van der Waals surface area contributed by atoms with E-state index >= 15 is 0 Å². The van der Waals surface area contributed by atoms with Crippen molar-refractivity contribution >= 4 is 32.7 Å². The number of hydrogen-bond acceptors (Lipinski definition) is 3. The van der Waals surface area contributed by atoms with Crippen molar-refractivity contribution in [3.8, 4) is 78.4 Å². The fourth-order valence-corrected chi connectivity index (χ4v) is 11.2. The van der Waals surface area contributed by atoms with Crippen LogP contribution >= 0.6 is 0 Å². The summed E-state index contributed by atoms with van der Waals surface area (Å²) in [7, 11) is 0. The van der Waals surface area contributed by atoms with E-state index in [0.717, 1.165) is 72.3 Å². The molecule has 0 saturated heterocycles. The first-order valence-electron chi connectivity index (χ1n) is 22.6. The van der Waals surface area contributed by atoms with Gasteiger partial charge in [-0.05, 0) is 114 Å². The zero-order valence-corrected chi connectivity index (χ0v) is 35.7. The molecule has 12 aromatic rings. The Bertz CT molecular complexity index is 3890. The molecule has 0 unspecified atom stereocenters. The minimum absolute atomic E-state index is 0.464. The van der Waals surface area contributed by atoms with Crippen LogP contribution in [0.3, 0.4) is 0 Å². The largest absolute Gasteiger partial charge is 0.455 e. The van der Waals surface area contributed by atoms with Gasteiger partial charge in [0.2, 0.25) is 0 Å². The molecule has 0 fully saturated rings. The van der Waals surface area contributed by atoms with Gasteiger partial charge in [0.25, 0.3) is 0 Å². The second kappa shape index (κ2) is 14.2. The van der Waals surface area contributed by atoms with Gasteiger partial charge < -0.3 is 4.42 Å². The first-order valence-corrected chi connectivity index (χ1v) is 22.6. The van der Waals surface area contributed by atoms with E-state index in [9.17, 15) is 0 Å². The summed E-state index contributed by atoms with van der Waals surface area (Å²) in [5, 5.41) is 4.61. The average molecular weight is 839 g/mol. The van der Waals surface area contributed by atoms with Gasteiger partial charge in [0.15, 0.2) is 5.82 Å². The van der Waals surface area contributed by atoms with Crippen molar-refractivity contribution in [2.45, 2.75) is 5.41 Å². The number of aromatic nitrogens is 2. The third-order valence-corrected chi connectivity index (χ3v) is 14.1. The van der Waals surface area contributed by atoms with E-state index in [-0.39, 0.29) is 0 Å². The van der Waals surface area contributed by atoms with Gasteiger partial charge in [-0.25, -0.2) is 9.97 Å². The highest BCUT2D eigenvalue weighted by Gasteiger charge is 2.51. The zero-order chi connectivity index (χ0) is 43.3. The topological polar surface area (TPSA) is 38.9 Å². The number of rotatable bonds is 5. The molecule has 2 heterocycles. The molecule has 0 amide bonds. The maximum Gasteiger partial charge on any atom is 0.160 e. The molecule has 66 heavy (non-hydrogen) atoms. The van der Waals surface area contributed by atoms with Crippen molar-refractivity contribution in [2.24, 2.45) is 0 Å². The summed E-state index contributed by atoms with van der Waals surface area (Å²) in [4.78, 5) is 10.8. The maximum absolute atomic E-state index is 6.66. The van der Waals surface area contributed by atoms with E-state index in [2.05, 4.69) is 212 Å². The third-order valence-electron chi connectivity index (χ3n) is 14.1. The van der Waals surface area contributed by atoms with Crippen molar-refractivity contribution in [3.63, 3.8) is 0 Å². The van der Waals surface area contributed by atoms with Gasteiger partial charge in [-0.15, -0.1) is 0 Å². The standard InChI is InChI=1S/C63H38N2O/c1-2-16-40(17-3-1)62-64-58(43-31-32-51-50-21-8-12-27-56(50)63(57(51)37-43)54-25-10-6-19-48(54)49-20-7-11-26-55(49)63)38-59(65-62)46-35-44(42-30-29-39-15-4-5-18-41(39)33-42)34-45(36-46)47-23-14-24-53-52-22-9-13-28-60(52)66-61(47)53/h1-38H. The van der Waals surface area contributed by atoms with Gasteiger partial charge in [-0.1, -0.05) is 188 Å². The normalized spacial score (nSPS) is 13.0. The minimum Gasteiger partial charge on any atom is -0.455 e. The summed E-state index contributed by atoms with van der Waals surface area (Å²) in [6.07, 6.45) is 0. The van der Waals surface area contributed by atoms with Gasteiger partial charge >= 0.3 is 0 Å². The number of fused-ring (bicyclic) bond motifs is 14. The molecule has 1 spiro atoms. The molecule has 0 N–H and O–H groups in total. The molecule has 2 aliphatic carbocycles. The monoisotopic (exact) mass is 838 g/mol. The van der Waals surface area contributed by atoms with Crippen LogP contribution in [0.4, 0.5) is 0 Å². The van der Waals surface area contributed by atoms with E-state index in [1.54, 1.807) is 0 Å². The number of para-hydroxylation sites is 2. The van der Waals surface area contributed by atoms with Gasteiger partial charge in [-0.2, -0.15) is 0 Å². The number of furan rings is 1. The molecule has 0 aliphatic heterocycles. The van der Waals surface area contributed by atoms with E-state index in [1.165, 1.54) is 55.3 Å². The first-order chi connectivity index (χ1) is 32.7. The summed E-state index contributed by atoms with van der Waals surface area (Å²) >= 11 is 0. The SMILES string of the molecule is c1ccc(-c2nc(-c3cc(-c4ccc5ccccc5c4)cc(-c4cccc5c4oc4ccccc45)c3)cc(-c3ccc4c(c3)C3(c5ccccc5-c5ccccc53)c3ccccc3-4)n2)cc1. The highest BCUT2D eigenvalue weighted by Crippen LogP contribution is 2.63. The smallest absolute Gasteiger partial charge is 0.160 e. The van der Waals surface area contributed by atoms with Gasteiger partial charge in [-0.3, -0.25) is 0 Å². The van der Waals surface area contributed by atoms with E-state index < -0.39 is 5.41 Å². The van der Waals surface area contributed by atoms with Crippen LogP contribution in [0.5, 0.6) is 0 Å². The Kier molecular flexibility index (Phi) is 7.90. The Hall–Kier alpha value is -8.66. The number of benzene rings is 10. The average Bonchev–Trinajstić information content (AvgIpc) is 4.03. The molecule has 2 aliphatic rings. The van der Waals surface area contributed by atoms with Crippen molar-refractivity contribution in [2.75, 3.05) is 0 Å². The summed E-state index contributed by atoms with van der Waals surface area (Å²) < 4.78 is 6.66. The van der Waals surface area contributed by atoms with Crippen molar-refractivity contribution in [1.29, 1.82) is 0 Å². The molecule has 0 saturated carbocycles. The first kappa shape index (κ1) is 36.8. The number of hydrogen-bond donors (Lipinski definition) is 0. The summed E-state index contributed by atoms with van der Waals surface area (Å²) in [5.41, 5.74) is 20.6. The van der Waals surface area contributed by atoms with E-state index in [0.29, 0.717) is 5.82 Å². The molecule has 14 rings (SSSR count). The van der Waals surface area contributed by atoms with Crippen LogP contribution in [0.2, 0.25) is 0 Å². The molecule has 2 aromatic heterocycles. The molecule has 0 atom stereocenters. The second-order valence-corrected chi connectivity index (χ2v) is 17.6. The Morgan fingerprint density at radius 2 is 0.864 bits per heavy atom. The summed E-state index contributed by atoms with van der Waals surface area (Å²) in [6.45, 7) is 0. The lowest BCUT2D eigenvalue weighted by atomic mass is 9.70. The van der Waals surface area contributed by atoms with Crippen LogP contribution in [0, 0.1) is 0 Å². The minimum atomic E-state index is -0.464. The highest BCUT2D eigenvalue weighted by atomic mass is 16.3. The summed E-state index contributed by atoms with van der Waals surface area (Å²) in [6, 6.07) is 83.3. The second-order valence-electron chi connectivity index (χ2n) is 17.6. The molecule has 306 valence electrons. The fourth-order valence-electron chi connectivity index (χ4n) is 11.2. The van der Waals surface area contributed by atoms with Gasteiger partial charge in [0, 0.05) is 33.0 Å². The van der Waals surface area contributed by atoms with Crippen molar-refractivity contribution in [1.82, 2.24) is 9.97 Å². The lowest BCUT2D eigenvalue weighted by Crippen LogP contribution is -2.25. The van der Waals surface area contributed by atoms with E-state index in [1.807, 2.05) is 18.2 Å². The fraction of sp³-hybridized carbons (Fsp3) is 0.0159. The predicted molar refractivity (Wildman–Crippen MR) is 270 cm³/mol. The van der Waals surface area contributed by atoms with Gasteiger partial charge in [0.05, 0.1) is 16.8 Å². The van der Waals surface area contributed by atoms with Crippen LogP contribution in [0.25, 0.3) is 111 Å². The summed E-state index contributed by atoms with van der Waals surface area (Å²) in [5.74, 6) is 0.676. The van der Waals surface area contributed by atoms with Gasteiger partial charge in [0.1, 0.15) is 11.2 Å². The molecular weight excluding hydrogens is 801 g/mol. The lowest BCUT2D eigenvalue weighted by Gasteiger charge is -2.30. The molecule has 3 heteroatoms.